The first-order valence-electron chi connectivity index (χ1n) is 7.48. The van der Waals surface area contributed by atoms with Crippen molar-refractivity contribution in [1.29, 1.82) is 0 Å². The lowest BCUT2D eigenvalue weighted by molar-refractivity contribution is -0.127. The van der Waals surface area contributed by atoms with Gasteiger partial charge in [0, 0.05) is 41.3 Å². The van der Waals surface area contributed by atoms with Gasteiger partial charge >= 0.3 is 0 Å². The number of carbonyl (C=O) groups is 1. The molecule has 1 aliphatic heterocycles. The summed E-state index contributed by atoms with van der Waals surface area (Å²) in [7, 11) is 0. The van der Waals surface area contributed by atoms with E-state index in [9.17, 15) is 9.90 Å². The first kappa shape index (κ1) is 17.5. The Balaban J connectivity index is 1.90. The number of amides is 1. The third kappa shape index (κ3) is 4.35. The topological polar surface area (TPSA) is 58.6 Å². The minimum Gasteiger partial charge on any atom is -0.386 e. The molecule has 22 heavy (non-hydrogen) atoms. The van der Waals surface area contributed by atoms with Crippen LogP contribution < -0.4 is 5.32 Å². The average Bonchev–Trinajstić information content (AvgIpc) is 2.52. The Morgan fingerprint density at radius 3 is 2.55 bits per heavy atom. The third-order valence-electron chi connectivity index (χ3n) is 4.19. The van der Waals surface area contributed by atoms with Crippen molar-refractivity contribution in [3.8, 4) is 0 Å². The zero-order valence-electron chi connectivity index (χ0n) is 12.5. The summed E-state index contributed by atoms with van der Waals surface area (Å²) in [5.41, 5.74) is 0.449. The average molecular weight is 346 g/mol. The molecule has 2 atom stereocenters. The summed E-state index contributed by atoms with van der Waals surface area (Å²) in [5, 5.41) is 13.8. The van der Waals surface area contributed by atoms with Gasteiger partial charge in [-0.15, -0.1) is 0 Å². The largest absolute Gasteiger partial charge is 0.386 e. The van der Waals surface area contributed by atoms with Gasteiger partial charge in [-0.2, -0.15) is 0 Å². The van der Waals surface area contributed by atoms with Crippen molar-refractivity contribution in [2.45, 2.75) is 25.9 Å². The molecule has 1 aromatic carbocycles. The van der Waals surface area contributed by atoms with Crippen LogP contribution in [0.4, 0.5) is 0 Å². The summed E-state index contributed by atoms with van der Waals surface area (Å²) in [6.45, 7) is 3.43. The van der Waals surface area contributed by atoms with Gasteiger partial charge in [-0.05, 0) is 30.9 Å². The summed E-state index contributed by atoms with van der Waals surface area (Å²) in [6.07, 6.45) is 0.869. The Hall–Kier alpha value is -0.810. The minimum atomic E-state index is -0.924. The van der Waals surface area contributed by atoms with E-state index < -0.39 is 6.10 Å². The Morgan fingerprint density at radius 1 is 1.36 bits per heavy atom. The number of nitrogens with one attached hydrogen (secondary N) is 1. The fourth-order valence-electron chi connectivity index (χ4n) is 2.72. The number of aliphatic hydroxyl groups is 1. The van der Waals surface area contributed by atoms with Gasteiger partial charge in [0.15, 0.2) is 0 Å². The number of ether oxygens (including phenoxy) is 1. The highest BCUT2D eigenvalue weighted by Gasteiger charge is 2.26. The first-order chi connectivity index (χ1) is 10.5. The zero-order valence-corrected chi connectivity index (χ0v) is 14.0. The van der Waals surface area contributed by atoms with E-state index in [4.69, 9.17) is 27.9 Å². The van der Waals surface area contributed by atoms with Crippen LogP contribution in [0.1, 0.15) is 31.4 Å². The van der Waals surface area contributed by atoms with E-state index in [0.29, 0.717) is 34.7 Å². The highest BCUT2D eigenvalue weighted by molar-refractivity contribution is 6.36. The van der Waals surface area contributed by atoms with Crippen LogP contribution >= 0.6 is 23.2 Å². The molecular weight excluding hydrogens is 325 g/mol. The first-order valence-corrected chi connectivity index (χ1v) is 8.23. The predicted molar refractivity (Wildman–Crippen MR) is 87.1 cm³/mol. The van der Waals surface area contributed by atoms with E-state index in [1.54, 1.807) is 18.2 Å². The smallest absolute Gasteiger partial charge is 0.223 e. The minimum absolute atomic E-state index is 0.0610. The van der Waals surface area contributed by atoms with Gasteiger partial charge in [0.1, 0.15) is 0 Å². The second kappa shape index (κ2) is 8.16. The molecule has 0 radical (unpaired) electrons. The summed E-state index contributed by atoms with van der Waals surface area (Å²) in [6, 6.07) is 5.05. The maximum Gasteiger partial charge on any atom is 0.223 e. The van der Waals surface area contributed by atoms with Crippen LogP contribution in [0.2, 0.25) is 10.0 Å². The Bertz CT molecular complexity index is 498. The fraction of sp³-hybridized carbons (Fsp3) is 0.562. The van der Waals surface area contributed by atoms with Gasteiger partial charge in [0.25, 0.3) is 0 Å². The Labute approximate surface area is 140 Å². The van der Waals surface area contributed by atoms with E-state index >= 15 is 0 Å². The van der Waals surface area contributed by atoms with Crippen molar-refractivity contribution >= 4 is 29.1 Å². The van der Waals surface area contributed by atoms with Crippen LogP contribution in [0, 0.1) is 11.8 Å². The molecule has 4 nitrogen and oxygen atoms in total. The number of aliphatic hydroxyl groups excluding tert-OH is 1. The maximum atomic E-state index is 12.2. The summed E-state index contributed by atoms with van der Waals surface area (Å²) in [4.78, 5) is 12.2. The van der Waals surface area contributed by atoms with Crippen molar-refractivity contribution in [2.24, 2.45) is 11.8 Å². The molecule has 1 fully saturated rings. The quantitative estimate of drug-likeness (QED) is 0.861. The van der Waals surface area contributed by atoms with Gasteiger partial charge in [0.05, 0.1) is 6.10 Å². The molecule has 1 aromatic rings. The van der Waals surface area contributed by atoms with Crippen LogP contribution in [0.5, 0.6) is 0 Å². The van der Waals surface area contributed by atoms with Crippen LogP contribution in [0.3, 0.4) is 0 Å². The third-order valence-corrected chi connectivity index (χ3v) is 4.85. The zero-order chi connectivity index (χ0) is 16.1. The molecule has 0 spiro atoms. The van der Waals surface area contributed by atoms with Gasteiger partial charge < -0.3 is 15.2 Å². The number of rotatable bonds is 5. The lowest BCUT2D eigenvalue weighted by Gasteiger charge is -2.27. The summed E-state index contributed by atoms with van der Waals surface area (Å²) >= 11 is 12.1. The number of hydrogen-bond acceptors (Lipinski definition) is 3. The standard InChI is InChI=1S/C16H21Cl2NO3/c1-10(11-5-7-22-8-6-11)16(21)19-9-14(20)15-12(17)3-2-4-13(15)18/h2-4,10-11,14,20H,5-9H2,1H3,(H,19,21). The molecule has 2 rings (SSSR count). The monoisotopic (exact) mass is 345 g/mol. The van der Waals surface area contributed by atoms with Crippen molar-refractivity contribution < 1.29 is 14.6 Å². The number of halogens is 2. The van der Waals surface area contributed by atoms with Crippen molar-refractivity contribution in [3.05, 3.63) is 33.8 Å². The summed E-state index contributed by atoms with van der Waals surface area (Å²) in [5.74, 6) is 0.168. The highest BCUT2D eigenvalue weighted by Crippen LogP contribution is 2.30. The molecule has 1 amide bonds. The number of carbonyl (C=O) groups excluding carboxylic acids is 1. The molecule has 0 aliphatic carbocycles. The summed E-state index contributed by atoms with van der Waals surface area (Å²) < 4.78 is 5.31. The molecule has 2 N–H and O–H groups in total. The molecule has 2 unspecified atom stereocenters. The predicted octanol–water partition coefficient (Wildman–Crippen LogP) is 3.21. The van der Waals surface area contributed by atoms with E-state index in [1.165, 1.54) is 0 Å². The second-order valence-corrected chi connectivity index (χ2v) is 6.45. The van der Waals surface area contributed by atoms with Crippen LogP contribution in [-0.2, 0) is 9.53 Å². The molecule has 122 valence electrons. The lowest BCUT2D eigenvalue weighted by Crippen LogP contribution is -2.37. The van der Waals surface area contributed by atoms with Gasteiger partial charge in [-0.25, -0.2) is 0 Å². The molecule has 0 bridgehead atoms. The van der Waals surface area contributed by atoms with Crippen molar-refractivity contribution in [1.82, 2.24) is 5.32 Å². The number of hydrogen-bond donors (Lipinski definition) is 2. The van der Waals surface area contributed by atoms with Crippen LogP contribution in [0.15, 0.2) is 18.2 Å². The van der Waals surface area contributed by atoms with E-state index in [0.717, 1.165) is 12.8 Å². The molecule has 0 saturated carbocycles. The molecule has 1 aliphatic rings. The fourth-order valence-corrected chi connectivity index (χ4v) is 3.37. The van der Waals surface area contributed by atoms with Crippen LogP contribution in [0.25, 0.3) is 0 Å². The normalized spacial score (nSPS) is 18.7. The molecule has 1 saturated heterocycles. The van der Waals surface area contributed by atoms with Crippen molar-refractivity contribution in [3.63, 3.8) is 0 Å². The molecule has 6 heteroatoms. The highest BCUT2D eigenvalue weighted by atomic mass is 35.5. The van der Waals surface area contributed by atoms with Gasteiger partial charge in [0.2, 0.25) is 5.91 Å². The van der Waals surface area contributed by atoms with Gasteiger partial charge in [-0.1, -0.05) is 36.2 Å². The Morgan fingerprint density at radius 2 is 1.95 bits per heavy atom. The SMILES string of the molecule is CC(C(=O)NCC(O)c1c(Cl)cccc1Cl)C1CCOCC1. The van der Waals surface area contributed by atoms with E-state index in [-0.39, 0.29) is 18.4 Å². The van der Waals surface area contributed by atoms with Crippen molar-refractivity contribution in [2.75, 3.05) is 19.8 Å². The molecular formula is C16H21Cl2NO3. The van der Waals surface area contributed by atoms with E-state index in [1.807, 2.05) is 6.92 Å². The number of benzene rings is 1. The van der Waals surface area contributed by atoms with Crippen LogP contribution in [-0.4, -0.2) is 30.8 Å². The Kier molecular flexibility index (Phi) is 6.50. The second-order valence-electron chi connectivity index (χ2n) is 5.63. The maximum absolute atomic E-state index is 12.2. The van der Waals surface area contributed by atoms with Gasteiger partial charge in [-0.3, -0.25) is 4.79 Å². The molecule has 0 aromatic heterocycles. The lowest BCUT2D eigenvalue weighted by atomic mass is 9.87. The molecule has 1 heterocycles. The van der Waals surface area contributed by atoms with E-state index in [2.05, 4.69) is 5.32 Å².